The molecular formula is C12H10Cl3N3O2S. The van der Waals surface area contributed by atoms with E-state index in [9.17, 15) is 4.79 Å². The van der Waals surface area contributed by atoms with Crippen molar-refractivity contribution in [2.75, 3.05) is 6.61 Å². The lowest BCUT2D eigenvalue weighted by Gasteiger charge is -2.11. The second kappa shape index (κ2) is 7.26. The molecule has 0 bridgehead atoms. The zero-order chi connectivity index (χ0) is 15.3. The molecule has 0 aliphatic rings. The maximum Gasteiger partial charge on any atom is 0.407 e. The van der Waals surface area contributed by atoms with Crippen LogP contribution in [-0.2, 0) is 11.3 Å². The lowest BCUT2D eigenvalue weighted by Crippen LogP contribution is -2.27. The molecule has 1 N–H and O–H groups in total. The number of ether oxygens (including phenoxy) is 1. The third kappa shape index (κ3) is 5.67. The SMILES string of the molecule is O=C(NCc1nnc(-c2ccccc2)s1)OCC(Cl)(Cl)Cl. The van der Waals surface area contributed by atoms with Gasteiger partial charge in [-0.25, -0.2) is 4.79 Å². The number of alkyl carbamates (subject to hydrolysis) is 1. The summed E-state index contributed by atoms with van der Waals surface area (Å²) in [7, 11) is 0. The molecular weight excluding hydrogens is 357 g/mol. The summed E-state index contributed by atoms with van der Waals surface area (Å²) in [4.78, 5) is 11.4. The van der Waals surface area contributed by atoms with Crippen LogP contribution in [0.4, 0.5) is 4.79 Å². The zero-order valence-electron chi connectivity index (χ0n) is 10.6. The molecule has 0 aliphatic carbocycles. The van der Waals surface area contributed by atoms with Crippen molar-refractivity contribution >= 4 is 52.2 Å². The van der Waals surface area contributed by atoms with Crippen molar-refractivity contribution in [3.63, 3.8) is 0 Å². The summed E-state index contributed by atoms with van der Waals surface area (Å²) in [6.45, 7) is -0.127. The highest BCUT2D eigenvalue weighted by atomic mass is 35.6. The van der Waals surface area contributed by atoms with Gasteiger partial charge in [-0.15, -0.1) is 10.2 Å². The van der Waals surface area contributed by atoms with Gasteiger partial charge in [0.1, 0.15) is 16.6 Å². The molecule has 21 heavy (non-hydrogen) atoms. The molecule has 0 spiro atoms. The summed E-state index contributed by atoms with van der Waals surface area (Å²) in [6, 6.07) is 9.64. The Kier molecular flexibility index (Phi) is 5.64. The molecule has 0 saturated heterocycles. The first-order valence-electron chi connectivity index (χ1n) is 5.79. The average molecular weight is 367 g/mol. The predicted octanol–water partition coefficient (Wildman–Crippen LogP) is 3.80. The monoisotopic (exact) mass is 365 g/mol. The van der Waals surface area contributed by atoms with Gasteiger partial charge in [0.2, 0.25) is 3.79 Å². The van der Waals surface area contributed by atoms with Gasteiger partial charge in [-0.3, -0.25) is 0 Å². The normalized spacial score (nSPS) is 11.2. The van der Waals surface area contributed by atoms with Gasteiger partial charge in [0.15, 0.2) is 0 Å². The average Bonchev–Trinajstić information content (AvgIpc) is 2.92. The van der Waals surface area contributed by atoms with Crippen molar-refractivity contribution in [3.8, 4) is 10.6 Å². The molecule has 0 atom stereocenters. The van der Waals surface area contributed by atoms with Gasteiger partial charge in [0.05, 0.1) is 6.54 Å². The van der Waals surface area contributed by atoms with Crippen LogP contribution in [0.25, 0.3) is 10.6 Å². The molecule has 2 aromatic rings. The van der Waals surface area contributed by atoms with Gasteiger partial charge in [-0.1, -0.05) is 76.5 Å². The number of aromatic nitrogens is 2. The third-order valence-electron chi connectivity index (χ3n) is 2.24. The standard InChI is InChI=1S/C12H10Cl3N3O2S/c13-12(14,15)7-20-11(19)16-6-9-17-18-10(21-9)8-4-2-1-3-5-8/h1-5H,6-7H2,(H,16,19). The summed E-state index contributed by atoms with van der Waals surface area (Å²) in [5.74, 6) is 0. The van der Waals surface area contributed by atoms with E-state index in [0.29, 0.717) is 5.01 Å². The number of rotatable bonds is 4. The highest BCUT2D eigenvalue weighted by Gasteiger charge is 2.22. The maximum atomic E-state index is 11.4. The highest BCUT2D eigenvalue weighted by molar-refractivity contribution is 7.14. The molecule has 1 amide bonds. The Morgan fingerprint density at radius 1 is 1.24 bits per heavy atom. The van der Waals surface area contributed by atoms with Crippen LogP contribution in [0.1, 0.15) is 5.01 Å². The fraction of sp³-hybridized carbons (Fsp3) is 0.250. The molecule has 0 saturated carbocycles. The summed E-state index contributed by atoms with van der Waals surface area (Å²) >= 11 is 17.8. The van der Waals surface area contributed by atoms with E-state index in [1.165, 1.54) is 11.3 Å². The number of nitrogens with one attached hydrogen (secondary N) is 1. The van der Waals surface area contributed by atoms with Crippen molar-refractivity contribution in [2.45, 2.75) is 10.3 Å². The Hall–Kier alpha value is -1.08. The van der Waals surface area contributed by atoms with Crippen LogP contribution in [0.3, 0.4) is 0 Å². The smallest absolute Gasteiger partial charge is 0.407 e. The van der Waals surface area contributed by atoms with Gasteiger partial charge in [-0.05, 0) is 0 Å². The first-order valence-corrected chi connectivity index (χ1v) is 7.74. The van der Waals surface area contributed by atoms with Crippen LogP contribution in [0.5, 0.6) is 0 Å². The molecule has 2 rings (SSSR count). The number of hydrogen-bond acceptors (Lipinski definition) is 5. The van der Waals surface area contributed by atoms with Crippen molar-refractivity contribution in [3.05, 3.63) is 35.3 Å². The van der Waals surface area contributed by atoms with E-state index in [0.717, 1.165) is 10.6 Å². The molecule has 9 heteroatoms. The Bertz CT molecular complexity index is 601. The lowest BCUT2D eigenvalue weighted by atomic mass is 10.2. The van der Waals surface area contributed by atoms with E-state index in [1.54, 1.807) is 0 Å². The zero-order valence-corrected chi connectivity index (χ0v) is 13.6. The molecule has 1 heterocycles. The number of hydrogen-bond donors (Lipinski definition) is 1. The van der Waals surface area contributed by atoms with Gasteiger partial charge in [-0.2, -0.15) is 0 Å². The summed E-state index contributed by atoms with van der Waals surface area (Å²) in [5.41, 5.74) is 0.972. The van der Waals surface area contributed by atoms with E-state index in [4.69, 9.17) is 39.5 Å². The Balaban J connectivity index is 1.85. The van der Waals surface area contributed by atoms with Crippen LogP contribution in [-0.4, -0.2) is 26.7 Å². The minimum absolute atomic E-state index is 0.198. The Labute approximate surface area is 140 Å². The minimum Gasteiger partial charge on any atom is -0.445 e. The van der Waals surface area contributed by atoms with E-state index >= 15 is 0 Å². The van der Waals surface area contributed by atoms with E-state index < -0.39 is 9.89 Å². The summed E-state index contributed by atoms with van der Waals surface area (Å²) in [5, 5.41) is 12.0. The highest BCUT2D eigenvalue weighted by Crippen LogP contribution is 2.26. The fourth-order valence-electron chi connectivity index (χ4n) is 1.37. The Morgan fingerprint density at radius 3 is 2.62 bits per heavy atom. The number of carbonyl (C=O) groups is 1. The van der Waals surface area contributed by atoms with Gasteiger partial charge in [0.25, 0.3) is 0 Å². The van der Waals surface area contributed by atoms with Crippen LogP contribution in [0.2, 0.25) is 0 Å². The number of benzene rings is 1. The summed E-state index contributed by atoms with van der Waals surface area (Å²) < 4.78 is 3.11. The van der Waals surface area contributed by atoms with Crippen LogP contribution >= 0.6 is 46.1 Å². The van der Waals surface area contributed by atoms with Crippen molar-refractivity contribution in [2.24, 2.45) is 0 Å². The van der Waals surface area contributed by atoms with Gasteiger partial charge >= 0.3 is 6.09 Å². The van der Waals surface area contributed by atoms with E-state index in [-0.39, 0.29) is 13.2 Å². The number of alkyl halides is 3. The molecule has 0 radical (unpaired) electrons. The number of nitrogens with zero attached hydrogens (tertiary/aromatic N) is 2. The molecule has 1 aromatic heterocycles. The lowest BCUT2D eigenvalue weighted by molar-refractivity contribution is 0.148. The Morgan fingerprint density at radius 2 is 1.95 bits per heavy atom. The second-order valence-electron chi connectivity index (χ2n) is 3.91. The third-order valence-corrected chi connectivity index (χ3v) is 3.54. The van der Waals surface area contributed by atoms with Gasteiger partial charge in [0, 0.05) is 5.56 Å². The van der Waals surface area contributed by atoms with Gasteiger partial charge < -0.3 is 10.1 Å². The topological polar surface area (TPSA) is 64.1 Å². The van der Waals surface area contributed by atoms with E-state index in [1.807, 2.05) is 30.3 Å². The molecule has 0 aliphatic heterocycles. The quantitative estimate of drug-likeness (QED) is 0.836. The number of amides is 1. The first kappa shape index (κ1) is 16.3. The maximum absolute atomic E-state index is 11.4. The molecule has 112 valence electrons. The summed E-state index contributed by atoms with van der Waals surface area (Å²) in [6.07, 6.45) is -0.683. The number of halogens is 3. The molecule has 0 unspecified atom stereocenters. The van der Waals surface area contributed by atoms with Crippen LogP contribution < -0.4 is 5.32 Å². The number of carbonyl (C=O) groups excluding carboxylic acids is 1. The van der Waals surface area contributed by atoms with E-state index in [2.05, 4.69) is 15.5 Å². The van der Waals surface area contributed by atoms with Crippen molar-refractivity contribution in [1.29, 1.82) is 0 Å². The van der Waals surface area contributed by atoms with Crippen molar-refractivity contribution in [1.82, 2.24) is 15.5 Å². The van der Waals surface area contributed by atoms with Crippen LogP contribution in [0.15, 0.2) is 30.3 Å². The largest absolute Gasteiger partial charge is 0.445 e. The van der Waals surface area contributed by atoms with Crippen LogP contribution in [0, 0.1) is 0 Å². The molecule has 1 aromatic carbocycles. The molecule has 5 nitrogen and oxygen atoms in total. The van der Waals surface area contributed by atoms with Crippen molar-refractivity contribution < 1.29 is 9.53 Å². The minimum atomic E-state index is -1.62. The first-order chi connectivity index (χ1) is 9.94. The molecule has 0 fully saturated rings. The fourth-order valence-corrected chi connectivity index (χ4v) is 2.32. The predicted molar refractivity (Wildman–Crippen MR) is 83.8 cm³/mol. The second-order valence-corrected chi connectivity index (χ2v) is 7.49.